The van der Waals surface area contributed by atoms with E-state index >= 15 is 0 Å². The molecule has 0 amide bonds. The Balaban J connectivity index is 1.71. The van der Waals surface area contributed by atoms with E-state index in [1.165, 1.54) is 5.56 Å². The molecule has 4 rings (SSSR count). The Hall–Kier alpha value is -3.84. The van der Waals surface area contributed by atoms with E-state index in [0.717, 1.165) is 39.3 Å². The zero-order valence-electron chi connectivity index (χ0n) is 15.5. The molecule has 0 aliphatic rings. The molecule has 0 spiro atoms. The van der Waals surface area contributed by atoms with Crippen LogP contribution in [0.4, 0.5) is 11.5 Å². The second-order valence-corrected chi connectivity index (χ2v) is 6.45. The summed E-state index contributed by atoms with van der Waals surface area (Å²) in [6.45, 7) is 2.32. The Morgan fingerprint density at radius 1 is 0.893 bits per heavy atom. The molecule has 0 bridgehead atoms. The lowest BCUT2D eigenvalue weighted by Crippen LogP contribution is -1.99. The molecule has 0 aliphatic carbocycles. The molecule has 1 aromatic heterocycles. The molecule has 0 aliphatic heterocycles. The number of ether oxygens (including phenoxy) is 1. The molecule has 4 heteroatoms. The second-order valence-electron chi connectivity index (χ2n) is 6.45. The topological polar surface area (TPSA) is 47.0 Å². The van der Waals surface area contributed by atoms with Crippen molar-refractivity contribution in [3.8, 4) is 29.4 Å². The number of benzene rings is 3. The van der Waals surface area contributed by atoms with E-state index in [-0.39, 0.29) is 6.61 Å². The quantitative estimate of drug-likeness (QED) is 0.484. The minimum absolute atomic E-state index is 0.251. The highest BCUT2D eigenvalue weighted by atomic mass is 16.5. The Kier molecular flexibility index (Phi) is 4.90. The molecule has 1 N–H and O–H groups in total. The van der Waals surface area contributed by atoms with Gasteiger partial charge in [0.1, 0.15) is 18.1 Å². The van der Waals surface area contributed by atoms with Gasteiger partial charge in [0.05, 0.1) is 0 Å². The van der Waals surface area contributed by atoms with Gasteiger partial charge in [-0.25, -0.2) is 0 Å². The average molecular weight is 365 g/mol. The maximum atomic E-state index is 5.45. The number of aromatic nitrogens is 2. The lowest BCUT2D eigenvalue weighted by molar-refractivity contribution is 0.370. The highest BCUT2D eigenvalue weighted by Crippen LogP contribution is 2.31. The zero-order valence-corrected chi connectivity index (χ0v) is 15.5. The Morgan fingerprint density at radius 3 is 2.32 bits per heavy atom. The van der Waals surface area contributed by atoms with Gasteiger partial charge in [-0.3, -0.25) is 0 Å². The maximum Gasteiger partial charge on any atom is 0.161 e. The summed E-state index contributed by atoms with van der Waals surface area (Å²) in [5, 5.41) is 14.4. The van der Waals surface area contributed by atoms with Gasteiger partial charge in [0, 0.05) is 22.0 Å². The van der Waals surface area contributed by atoms with Gasteiger partial charge in [0.2, 0.25) is 0 Å². The molecule has 28 heavy (non-hydrogen) atoms. The molecular formula is C24H19N3O. The molecule has 3 aromatic carbocycles. The van der Waals surface area contributed by atoms with Crippen LogP contribution < -0.4 is 10.1 Å². The molecule has 0 saturated heterocycles. The van der Waals surface area contributed by atoms with Crippen molar-refractivity contribution in [2.24, 2.45) is 0 Å². The van der Waals surface area contributed by atoms with E-state index in [1.807, 2.05) is 48.5 Å². The molecule has 136 valence electrons. The molecule has 4 nitrogen and oxygen atoms in total. The summed E-state index contributed by atoms with van der Waals surface area (Å²) >= 11 is 0. The minimum atomic E-state index is 0.251. The third kappa shape index (κ3) is 3.65. The number of nitrogens with zero attached hydrogens (tertiary/aromatic N) is 2. The van der Waals surface area contributed by atoms with E-state index in [1.54, 1.807) is 0 Å². The maximum absolute atomic E-state index is 5.45. The SMILES string of the molecule is C#CCOc1ccc(-c2nnc(Nc3ccc(C)cc3)c3ccccc23)cc1. The van der Waals surface area contributed by atoms with Crippen molar-refractivity contribution in [3.05, 3.63) is 78.4 Å². The van der Waals surface area contributed by atoms with Gasteiger partial charge in [-0.15, -0.1) is 16.6 Å². The lowest BCUT2D eigenvalue weighted by Gasteiger charge is -2.12. The molecule has 4 aromatic rings. The predicted octanol–water partition coefficient (Wildman–Crippen LogP) is 5.36. The third-order valence-electron chi connectivity index (χ3n) is 4.45. The third-order valence-corrected chi connectivity index (χ3v) is 4.45. The summed E-state index contributed by atoms with van der Waals surface area (Å²) in [7, 11) is 0. The Morgan fingerprint density at radius 2 is 1.61 bits per heavy atom. The van der Waals surface area contributed by atoms with Crippen LogP contribution in [0.25, 0.3) is 22.0 Å². The first-order chi connectivity index (χ1) is 13.7. The van der Waals surface area contributed by atoms with Crippen LogP contribution in [0.1, 0.15) is 5.56 Å². The monoisotopic (exact) mass is 365 g/mol. The van der Waals surface area contributed by atoms with Gasteiger partial charge in [-0.2, -0.15) is 0 Å². The first-order valence-electron chi connectivity index (χ1n) is 9.00. The fourth-order valence-electron chi connectivity index (χ4n) is 3.02. The lowest BCUT2D eigenvalue weighted by atomic mass is 10.0. The van der Waals surface area contributed by atoms with E-state index < -0.39 is 0 Å². The Labute approximate surface area is 164 Å². The van der Waals surface area contributed by atoms with Gasteiger partial charge >= 0.3 is 0 Å². The largest absolute Gasteiger partial charge is 0.481 e. The van der Waals surface area contributed by atoms with E-state index in [0.29, 0.717) is 0 Å². The van der Waals surface area contributed by atoms with Crippen LogP contribution in [0.2, 0.25) is 0 Å². The summed E-state index contributed by atoms with van der Waals surface area (Å²) in [6.07, 6.45) is 5.24. The van der Waals surface area contributed by atoms with Crippen molar-refractivity contribution in [2.75, 3.05) is 11.9 Å². The molecule has 0 radical (unpaired) electrons. The highest BCUT2D eigenvalue weighted by molar-refractivity contribution is 6.00. The number of terminal acetylenes is 1. The van der Waals surface area contributed by atoms with Crippen LogP contribution in [-0.4, -0.2) is 16.8 Å². The normalized spacial score (nSPS) is 10.4. The van der Waals surface area contributed by atoms with Crippen LogP contribution in [0, 0.1) is 19.3 Å². The van der Waals surface area contributed by atoms with Crippen molar-refractivity contribution in [3.63, 3.8) is 0 Å². The summed E-state index contributed by atoms with van der Waals surface area (Å²) in [4.78, 5) is 0. The predicted molar refractivity (Wildman–Crippen MR) is 114 cm³/mol. The standard InChI is InChI=1S/C24H19N3O/c1-3-16-28-20-14-10-18(11-15-20)23-21-6-4-5-7-22(21)24(27-26-23)25-19-12-8-17(2)9-13-19/h1,4-15H,16H2,2H3,(H,25,27). The van der Waals surface area contributed by atoms with Crippen LogP contribution in [0.5, 0.6) is 5.75 Å². The fourth-order valence-corrected chi connectivity index (χ4v) is 3.02. The number of aryl methyl sites for hydroxylation is 1. The van der Waals surface area contributed by atoms with Crippen LogP contribution >= 0.6 is 0 Å². The molecule has 0 fully saturated rings. The number of anilines is 2. The summed E-state index contributed by atoms with van der Waals surface area (Å²) in [5.41, 5.74) is 3.99. The van der Waals surface area contributed by atoms with Crippen molar-refractivity contribution in [1.29, 1.82) is 0 Å². The average Bonchev–Trinajstić information content (AvgIpc) is 2.74. The second kappa shape index (κ2) is 7.81. The summed E-state index contributed by atoms with van der Waals surface area (Å²) in [6, 6.07) is 24.0. The zero-order chi connectivity index (χ0) is 19.3. The number of rotatable bonds is 5. The van der Waals surface area contributed by atoms with Crippen molar-refractivity contribution >= 4 is 22.3 Å². The first kappa shape index (κ1) is 17.6. The van der Waals surface area contributed by atoms with Crippen molar-refractivity contribution in [2.45, 2.75) is 6.92 Å². The molecular weight excluding hydrogens is 346 g/mol. The molecule has 1 heterocycles. The number of fused-ring (bicyclic) bond motifs is 1. The van der Waals surface area contributed by atoms with Crippen molar-refractivity contribution in [1.82, 2.24) is 10.2 Å². The fraction of sp³-hybridized carbons (Fsp3) is 0.0833. The summed E-state index contributed by atoms with van der Waals surface area (Å²) < 4.78 is 5.45. The van der Waals surface area contributed by atoms with E-state index in [4.69, 9.17) is 11.2 Å². The van der Waals surface area contributed by atoms with Crippen molar-refractivity contribution < 1.29 is 4.74 Å². The smallest absolute Gasteiger partial charge is 0.161 e. The number of hydrogen-bond donors (Lipinski definition) is 1. The van der Waals surface area contributed by atoms with E-state index in [2.05, 4.69) is 52.6 Å². The minimum Gasteiger partial charge on any atom is -0.481 e. The Bertz CT molecular complexity index is 1140. The van der Waals surface area contributed by atoms with Gasteiger partial charge in [-0.05, 0) is 43.3 Å². The highest BCUT2D eigenvalue weighted by Gasteiger charge is 2.11. The molecule has 0 atom stereocenters. The first-order valence-corrected chi connectivity index (χ1v) is 9.00. The van der Waals surface area contributed by atoms with Gasteiger partial charge in [0.25, 0.3) is 0 Å². The van der Waals surface area contributed by atoms with Gasteiger partial charge < -0.3 is 10.1 Å². The summed E-state index contributed by atoms with van der Waals surface area (Å²) in [5.74, 6) is 3.93. The van der Waals surface area contributed by atoms with Crippen LogP contribution in [-0.2, 0) is 0 Å². The van der Waals surface area contributed by atoms with E-state index in [9.17, 15) is 0 Å². The molecule has 0 unspecified atom stereocenters. The van der Waals surface area contributed by atoms with Gasteiger partial charge in [-0.1, -0.05) is 47.9 Å². The van der Waals surface area contributed by atoms with Crippen LogP contribution in [0.15, 0.2) is 72.8 Å². The molecule has 0 saturated carbocycles. The number of nitrogens with one attached hydrogen (secondary N) is 1. The van der Waals surface area contributed by atoms with Gasteiger partial charge in [0.15, 0.2) is 5.82 Å². The number of hydrogen-bond acceptors (Lipinski definition) is 4. The van der Waals surface area contributed by atoms with Crippen LogP contribution in [0.3, 0.4) is 0 Å².